The molecule has 0 radical (unpaired) electrons. The fraction of sp³-hybridized carbons (Fsp3) is 0.0270. The first kappa shape index (κ1) is 66.8. The van der Waals surface area contributed by atoms with Gasteiger partial charge in [-0.15, -0.1) is 22.7 Å². The number of benzene rings is 18. The lowest BCUT2D eigenvalue weighted by Gasteiger charge is -2.22. The van der Waals surface area contributed by atoms with Crippen molar-refractivity contribution >= 4 is 172 Å². The number of nitrogens with zero attached hydrogens (tertiary/aromatic N) is 4. The third-order valence-corrected chi connectivity index (χ3v) is 27.9. The SMILES string of the molecule is CC1(C)c2ccccc2-c2ccc(-c3cc(-n4c5ccccc5c5ccc(-c6cccc7c8ccccc8n(-c8ccccc8)c67)cc54)cc4c3sc3ccccc34)cc21.c1ccc(-n2c3ccccc3c3cccc(-c4ccc5c6ccccc6n(-c6cc(-c7ccc8oc9ccccc9c8c7)c7sc8ccccc8c7c6)c5c4)c32)cc1. The smallest absolute Gasteiger partial charge is 0.135 e. The number of rotatable bonds is 8. The van der Waals surface area contributed by atoms with Gasteiger partial charge in [0.1, 0.15) is 11.2 Å². The van der Waals surface area contributed by atoms with Crippen LogP contribution in [0.25, 0.3) is 228 Å². The van der Waals surface area contributed by atoms with Gasteiger partial charge < -0.3 is 22.7 Å². The first-order chi connectivity index (χ1) is 58.3. The fourth-order valence-corrected chi connectivity index (χ4v) is 22.5. The summed E-state index contributed by atoms with van der Waals surface area (Å²) in [4.78, 5) is 0. The normalized spacial score (nSPS) is 12.7. The van der Waals surface area contributed by atoms with E-state index in [-0.39, 0.29) is 5.41 Å². The van der Waals surface area contributed by atoms with Crippen LogP contribution < -0.4 is 0 Å². The molecule has 0 aliphatic heterocycles. The second kappa shape index (κ2) is 25.7. The highest BCUT2D eigenvalue weighted by atomic mass is 32.1. The highest BCUT2D eigenvalue weighted by Gasteiger charge is 2.36. The zero-order chi connectivity index (χ0) is 77.6. The van der Waals surface area contributed by atoms with E-state index < -0.39 is 0 Å². The Hall–Kier alpha value is -14.6. The molecule has 7 aromatic heterocycles. The Morgan fingerprint density at radius 3 is 1.12 bits per heavy atom. The highest BCUT2D eigenvalue weighted by molar-refractivity contribution is 7.26. The Balaban J connectivity index is 0.000000132. The standard InChI is InChI=1S/C57H38N2S.C54H32N2OS/c1-57(2)49-23-10-6-17-40(49)41-29-27-35(31-50(41)57)47-33-38(34-48-45-20-9-13-26-54(45)60-56(47)48)58-51-24-11-7-18-42(51)44-30-28-36(32-53(44)58)39-21-14-22-46-43-19-8-12-25-52(43)59(55(39)46)37-15-4-3-5-16-37;1-2-13-35(14-3-1)56-48-22-9-5-16-39(48)43-20-12-19-37(53(43)56)34-25-27-40-38-15-4-8-21-47(38)55(49(40)30-34)36-31-44(54-46(32-36)42-18-7-11-24-52(42)58-54)33-26-28-51-45(29-33)41-17-6-10-23-50(41)57-51/h3-34H,1-2H3;1-32H. The van der Waals surface area contributed by atoms with Crippen molar-refractivity contribution < 1.29 is 4.42 Å². The summed E-state index contributed by atoms with van der Waals surface area (Å²) < 4.78 is 21.4. The van der Waals surface area contributed by atoms with Gasteiger partial charge >= 0.3 is 0 Å². The van der Waals surface area contributed by atoms with Gasteiger partial charge in [-0.2, -0.15) is 0 Å². The summed E-state index contributed by atoms with van der Waals surface area (Å²) in [6.07, 6.45) is 0. The molecule has 25 aromatic rings. The molecule has 0 spiro atoms. The number of para-hydroxylation sites is 9. The molecular formula is C111H70N4OS2. The summed E-state index contributed by atoms with van der Waals surface area (Å²) in [6.45, 7) is 4.75. The summed E-state index contributed by atoms with van der Waals surface area (Å²) in [5.41, 5.74) is 31.2. The Labute approximate surface area is 686 Å². The van der Waals surface area contributed by atoms with E-state index in [1.165, 1.54) is 200 Å². The van der Waals surface area contributed by atoms with Gasteiger partial charge in [0, 0.05) is 145 Å². The minimum Gasteiger partial charge on any atom is -0.456 e. The summed E-state index contributed by atoms with van der Waals surface area (Å²) in [5, 5.41) is 17.4. The highest BCUT2D eigenvalue weighted by Crippen LogP contribution is 2.53. The van der Waals surface area contributed by atoms with Crippen molar-refractivity contribution in [3.05, 3.63) is 399 Å². The molecule has 118 heavy (non-hydrogen) atoms. The number of fused-ring (bicyclic) bond motifs is 24. The quantitative estimate of drug-likeness (QED) is 0.149. The van der Waals surface area contributed by atoms with E-state index in [0.29, 0.717) is 0 Å². The van der Waals surface area contributed by atoms with E-state index in [9.17, 15) is 0 Å². The zero-order valence-corrected chi connectivity index (χ0v) is 66.1. The van der Waals surface area contributed by atoms with Crippen LogP contribution in [0.2, 0.25) is 0 Å². The molecule has 1 aliphatic rings. The molecule has 0 atom stereocenters. The zero-order valence-electron chi connectivity index (χ0n) is 64.5. The van der Waals surface area contributed by atoms with Gasteiger partial charge in [-0.3, -0.25) is 0 Å². The Morgan fingerprint density at radius 1 is 0.212 bits per heavy atom. The molecule has 0 saturated carbocycles. The van der Waals surface area contributed by atoms with Gasteiger partial charge in [0.25, 0.3) is 0 Å². The molecule has 0 N–H and O–H groups in total. The van der Waals surface area contributed by atoms with Crippen molar-refractivity contribution in [2.45, 2.75) is 19.3 Å². The van der Waals surface area contributed by atoms with Crippen LogP contribution in [0.15, 0.2) is 393 Å². The van der Waals surface area contributed by atoms with Gasteiger partial charge in [-0.1, -0.05) is 281 Å². The Kier molecular flexibility index (Phi) is 14.5. The summed E-state index contributed by atoms with van der Waals surface area (Å²) in [7, 11) is 0. The molecule has 0 unspecified atom stereocenters. The lowest BCUT2D eigenvalue weighted by atomic mass is 9.81. The molecule has 0 fully saturated rings. The molecule has 0 amide bonds. The van der Waals surface area contributed by atoms with Crippen molar-refractivity contribution in [2.75, 3.05) is 0 Å². The molecule has 0 bridgehead atoms. The van der Waals surface area contributed by atoms with Gasteiger partial charge in [0.05, 0.1) is 44.1 Å². The molecule has 1 aliphatic carbocycles. The predicted octanol–water partition coefficient (Wildman–Crippen LogP) is 31.4. The van der Waals surface area contributed by atoms with Crippen LogP contribution >= 0.6 is 22.7 Å². The second-order valence-electron chi connectivity index (χ2n) is 32.1. The van der Waals surface area contributed by atoms with Crippen LogP contribution in [-0.4, -0.2) is 18.3 Å². The predicted molar refractivity (Wildman–Crippen MR) is 503 cm³/mol. The van der Waals surface area contributed by atoms with Crippen molar-refractivity contribution in [3.63, 3.8) is 0 Å². The average molecular weight is 1540 g/mol. The average Bonchev–Trinajstić information content (AvgIpc) is 1.57. The lowest BCUT2D eigenvalue weighted by molar-refractivity contribution is 0.660. The second-order valence-corrected chi connectivity index (χ2v) is 34.2. The van der Waals surface area contributed by atoms with Gasteiger partial charge in [0.2, 0.25) is 0 Å². The van der Waals surface area contributed by atoms with Crippen molar-refractivity contribution in [1.29, 1.82) is 0 Å². The van der Waals surface area contributed by atoms with Gasteiger partial charge in [-0.05, 0) is 166 Å². The van der Waals surface area contributed by atoms with Crippen LogP contribution in [0.3, 0.4) is 0 Å². The lowest BCUT2D eigenvalue weighted by Crippen LogP contribution is -2.14. The topological polar surface area (TPSA) is 32.9 Å². The number of furan rings is 1. The third-order valence-electron chi connectivity index (χ3n) is 25.4. The molecule has 26 rings (SSSR count). The molecule has 18 aromatic carbocycles. The molecular weight excluding hydrogens is 1470 g/mol. The largest absolute Gasteiger partial charge is 0.456 e. The molecule has 7 heterocycles. The maximum atomic E-state index is 6.28. The minimum absolute atomic E-state index is 0.0862. The first-order valence-corrected chi connectivity index (χ1v) is 42.2. The van der Waals surface area contributed by atoms with E-state index in [2.05, 4.69) is 414 Å². The van der Waals surface area contributed by atoms with Crippen LogP contribution in [0.5, 0.6) is 0 Å². The summed E-state index contributed by atoms with van der Waals surface area (Å²) >= 11 is 3.78. The van der Waals surface area contributed by atoms with Crippen LogP contribution in [0.4, 0.5) is 0 Å². The van der Waals surface area contributed by atoms with Crippen LogP contribution in [-0.2, 0) is 5.41 Å². The van der Waals surface area contributed by atoms with E-state index in [1.807, 2.05) is 28.7 Å². The Bertz CT molecular complexity index is 8550. The minimum atomic E-state index is -0.0862. The number of hydrogen-bond acceptors (Lipinski definition) is 3. The van der Waals surface area contributed by atoms with Crippen molar-refractivity contribution in [2.24, 2.45) is 0 Å². The maximum Gasteiger partial charge on any atom is 0.135 e. The van der Waals surface area contributed by atoms with Crippen molar-refractivity contribution in [1.82, 2.24) is 18.3 Å². The van der Waals surface area contributed by atoms with Crippen molar-refractivity contribution in [3.8, 4) is 78.4 Å². The van der Waals surface area contributed by atoms with E-state index >= 15 is 0 Å². The van der Waals surface area contributed by atoms with E-state index in [1.54, 1.807) is 0 Å². The molecule has 0 saturated heterocycles. The molecule has 552 valence electrons. The maximum absolute atomic E-state index is 6.28. The molecule has 5 nitrogen and oxygen atoms in total. The summed E-state index contributed by atoms with van der Waals surface area (Å²) in [6, 6.07) is 143. The van der Waals surface area contributed by atoms with E-state index in [4.69, 9.17) is 4.42 Å². The third kappa shape index (κ3) is 9.89. The molecule has 7 heteroatoms. The van der Waals surface area contributed by atoms with Crippen LogP contribution in [0, 0.1) is 0 Å². The Morgan fingerprint density at radius 2 is 0.585 bits per heavy atom. The first-order valence-electron chi connectivity index (χ1n) is 40.6. The fourth-order valence-electron chi connectivity index (χ4n) is 20.1. The number of hydrogen-bond donors (Lipinski definition) is 0. The van der Waals surface area contributed by atoms with Gasteiger partial charge in [0.15, 0.2) is 0 Å². The number of aromatic nitrogens is 4. The van der Waals surface area contributed by atoms with Gasteiger partial charge in [-0.25, -0.2) is 0 Å². The van der Waals surface area contributed by atoms with Crippen LogP contribution in [0.1, 0.15) is 25.0 Å². The monoisotopic (exact) mass is 1540 g/mol. The van der Waals surface area contributed by atoms with E-state index in [0.717, 1.165) is 39.0 Å². The number of thiophene rings is 2. The summed E-state index contributed by atoms with van der Waals surface area (Å²) in [5.74, 6) is 0.